The fraction of sp³-hybridized carbons (Fsp3) is 0.941. The summed E-state index contributed by atoms with van der Waals surface area (Å²) >= 11 is 0. The van der Waals surface area contributed by atoms with Gasteiger partial charge in [0.25, 0.3) is 0 Å². The maximum Gasteiger partial charge on any atom is 0.472 e. The number of carbonyl (C=O) groups excluding carboxylic acids is 4. The summed E-state index contributed by atoms with van der Waals surface area (Å²) in [5, 5.41) is 10.6. The van der Waals surface area contributed by atoms with Crippen molar-refractivity contribution in [2.75, 3.05) is 39.6 Å². The molecule has 0 rings (SSSR count). The van der Waals surface area contributed by atoms with Crippen molar-refractivity contribution in [3.8, 4) is 0 Å². The van der Waals surface area contributed by atoms with E-state index in [2.05, 4.69) is 41.5 Å². The van der Waals surface area contributed by atoms with Gasteiger partial charge in [0.15, 0.2) is 12.2 Å². The average Bonchev–Trinajstić information content (AvgIpc) is 3.71. The number of rotatable bonds is 67. The van der Waals surface area contributed by atoms with Crippen molar-refractivity contribution in [1.82, 2.24) is 0 Å². The molecule has 0 amide bonds. The van der Waals surface area contributed by atoms with E-state index in [9.17, 15) is 43.2 Å². The Kier molecular flexibility index (Phi) is 59.0. The molecule has 0 aliphatic carbocycles. The summed E-state index contributed by atoms with van der Waals surface area (Å²) in [6, 6.07) is 0. The van der Waals surface area contributed by atoms with Crippen LogP contribution >= 0.6 is 15.6 Å². The van der Waals surface area contributed by atoms with Crippen LogP contribution in [0.2, 0.25) is 0 Å². The molecule has 0 saturated carbocycles. The van der Waals surface area contributed by atoms with Crippen molar-refractivity contribution < 1.29 is 80.2 Å². The predicted molar refractivity (Wildman–Crippen MR) is 349 cm³/mol. The number of esters is 4. The van der Waals surface area contributed by atoms with Crippen LogP contribution in [0.4, 0.5) is 0 Å². The van der Waals surface area contributed by atoms with E-state index in [4.69, 9.17) is 37.0 Å². The second kappa shape index (κ2) is 60.3. The van der Waals surface area contributed by atoms with Crippen LogP contribution in [0.15, 0.2) is 0 Å². The molecule has 0 heterocycles. The lowest BCUT2D eigenvalue weighted by atomic mass is 10.00. The van der Waals surface area contributed by atoms with E-state index in [0.717, 1.165) is 108 Å². The predicted octanol–water partition coefficient (Wildman–Crippen LogP) is 19.2. The summed E-state index contributed by atoms with van der Waals surface area (Å²) < 4.78 is 68.1. The van der Waals surface area contributed by atoms with Gasteiger partial charge in [-0.05, 0) is 37.5 Å². The zero-order chi connectivity index (χ0) is 64.3. The average molecular weight is 1280 g/mol. The first-order valence-corrected chi connectivity index (χ1v) is 38.5. The van der Waals surface area contributed by atoms with Gasteiger partial charge in [0.05, 0.1) is 26.4 Å². The van der Waals surface area contributed by atoms with Crippen molar-refractivity contribution in [1.29, 1.82) is 0 Å². The number of aliphatic hydroxyl groups is 1. The number of phosphoric acid groups is 2. The minimum absolute atomic E-state index is 0.103. The molecule has 0 saturated heterocycles. The van der Waals surface area contributed by atoms with E-state index < -0.39 is 97.5 Å². The summed E-state index contributed by atoms with van der Waals surface area (Å²) in [6.07, 6.45) is 44.5. The third kappa shape index (κ3) is 61.3. The molecule has 0 bridgehead atoms. The fourth-order valence-corrected chi connectivity index (χ4v) is 11.8. The van der Waals surface area contributed by atoms with Gasteiger partial charge in [-0.25, -0.2) is 9.13 Å². The van der Waals surface area contributed by atoms with Gasteiger partial charge < -0.3 is 33.8 Å². The highest BCUT2D eigenvalue weighted by Crippen LogP contribution is 2.45. The van der Waals surface area contributed by atoms with Crippen LogP contribution in [-0.4, -0.2) is 96.7 Å². The molecule has 0 aromatic heterocycles. The molecular formula is C68H132O17P2. The Hall–Kier alpha value is -1.94. The Morgan fingerprint density at radius 3 is 0.874 bits per heavy atom. The van der Waals surface area contributed by atoms with Gasteiger partial charge in [-0.2, -0.15) is 0 Å². The summed E-state index contributed by atoms with van der Waals surface area (Å²) in [4.78, 5) is 72.4. The Labute approximate surface area is 530 Å². The molecule has 0 aliphatic rings. The molecule has 0 aromatic rings. The highest BCUT2D eigenvalue weighted by atomic mass is 31.2. The monoisotopic (exact) mass is 1280 g/mol. The number of aliphatic hydroxyl groups excluding tert-OH is 1. The largest absolute Gasteiger partial charge is 0.472 e. The topological polar surface area (TPSA) is 237 Å². The number of hydrogen-bond acceptors (Lipinski definition) is 15. The Morgan fingerprint density at radius 1 is 0.333 bits per heavy atom. The van der Waals surface area contributed by atoms with Crippen LogP contribution in [0.25, 0.3) is 0 Å². The molecule has 19 heteroatoms. The highest BCUT2D eigenvalue weighted by Gasteiger charge is 2.30. The minimum atomic E-state index is -4.95. The molecule has 0 spiro atoms. The van der Waals surface area contributed by atoms with Gasteiger partial charge in [0.1, 0.15) is 19.3 Å². The molecule has 516 valence electrons. The molecule has 0 aromatic carbocycles. The molecular weight excluding hydrogens is 1150 g/mol. The van der Waals surface area contributed by atoms with Crippen molar-refractivity contribution in [3.63, 3.8) is 0 Å². The summed E-state index contributed by atoms with van der Waals surface area (Å²) in [7, 11) is -9.89. The third-order valence-electron chi connectivity index (χ3n) is 16.1. The number of phosphoric ester groups is 2. The van der Waals surface area contributed by atoms with Crippen LogP contribution in [0.1, 0.15) is 343 Å². The number of ether oxygens (including phenoxy) is 4. The highest BCUT2D eigenvalue weighted by molar-refractivity contribution is 7.47. The SMILES string of the molecule is CCCCCCCCCCCCCCCCCC(=O)O[C@H](COC(=O)CCCCCCCCCCCCCC(C)C)COP(=O)(O)OC[C@@H](O)COP(=O)(O)OC[C@@H](COC(=O)CCCCCCCCCC)OC(=O)CCCCCCCCC(C)CC. The molecule has 0 radical (unpaired) electrons. The first-order chi connectivity index (χ1) is 41.9. The number of carbonyl (C=O) groups is 4. The van der Waals surface area contributed by atoms with Crippen LogP contribution in [0, 0.1) is 11.8 Å². The zero-order valence-electron chi connectivity index (χ0n) is 56.3. The third-order valence-corrected chi connectivity index (χ3v) is 18.0. The summed E-state index contributed by atoms with van der Waals surface area (Å²) in [6.45, 7) is 9.46. The normalized spacial score (nSPS) is 14.5. The summed E-state index contributed by atoms with van der Waals surface area (Å²) in [5.74, 6) is -0.639. The molecule has 0 aliphatic heterocycles. The standard InChI is InChI=1S/C68H132O17P2/c1-7-10-12-14-16-18-19-20-21-22-25-29-33-40-46-52-67(72)84-63(56-79-66(71)51-45-39-32-28-26-23-24-27-30-36-42-48-60(4)5)58-82-86(74,75)80-54-62(69)55-81-87(76,77)83-59-64(57-78-65(70)50-44-38-31-17-15-13-11-8-2)85-68(73)53-47-41-35-34-37-43-49-61(6)9-3/h60-64,69H,7-59H2,1-6H3,(H,74,75)(H,76,77)/t61?,62-,63-,64-/m1/s1. The second-order valence-corrected chi connectivity index (χ2v) is 28.2. The lowest BCUT2D eigenvalue weighted by Gasteiger charge is -2.21. The van der Waals surface area contributed by atoms with Gasteiger partial charge in [0.2, 0.25) is 0 Å². The van der Waals surface area contributed by atoms with Gasteiger partial charge in [-0.15, -0.1) is 0 Å². The minimum Gasteiger partial charge on any atom is -0.462 e. The molecule has 0 fully saturated rings. The molecule has 3 N–H and O–H groups in total. The van der Waals surface area contributed by atoms with E-state index >= 15 is 0 Å². The molecule has 87 heavy (non-hydrogen) atoms. The van der Waals surface area contributed by atoms with Gasteiger partial charge in [-0.3, -0.25) is 37.3 Å². The number of hydrogen-bond donors (Lipinski definition) is 3. The van der Waals surface area contributed by atoms with Crippen LogP contribution < -0.4 is 0 Å². The Bertz CT molecular complexity index is 1700. The van der Waals surface area contributed by atoms with Crippen molar-refractivity contribution in [3.05, 3.63) is 0 Å². The zero-order valence-corrected chi connectivity index (χ0v) is 58.1. The van der Waals surface area contributed by atoms with Crippen molar-refractivity contribution >= 4 is 39.5 Å². The molecule has 17 nitrogen and oxygen atoms in total. The quantitative estimate of drug-likeness (QED) is 0.0222. The van der Waals surface area contributed by atoms with Gasteiger partial charge in [-0.1, -0.05) is 292 Å². The Morgan fingerprint density at radius 2 is 0.586 bits per heavy atom. The van der Waals surface area contributed by atoms with Gasteiger partial charge >= 0.3 is 39.5 Å². The summed E-state index contributed by atoms with van der Waals surface area (Å²) in [5.41, 5.74) is 0. The van der Waals surface area contributed by atoms with E-state index in [-0.39, 0.29) is 25.7 Å². The number of unbranched alkanes of at least 4 members (excludes halogenated alkanes) is 36. The van der Waals surface area contributed by atoms with E-state index in [1.165, 1.54) is 154 Å². The molecule has 3 unspecified atom stereocenters. The lowest BCUT2D eigenvalue weighted by molar-refractivity contribution is -0.161. The van der Waals surface area contributed by atoms with E-state index in [1.807, 2.05) is 0 Å². The van der Waals surface area contributed by atoms with Crippen LogP contribution in [0.5, 0.6) is 0 Å². The fourth-order valence-electron chi connectivity index (χ4n) is 10.2. The lowest BCUT2D eigenvalue weighted by Crippen LogP contribution is -2.30. The molecule has 6 atom stereocenters. The van der Waals surface area contributed by atoms with E-state index in [0.29, 0.717) is 25.7 Å². The van der Waals surface area contributed by atoms with E-state index in [1.54, 1.807) is 0 Å². The van der Waals surface area contributed by atoms with Crippen molar-refractivity contribution in [2.45, 2.75) is 362 Å². The van der Waals surface area contributed by atoms with Crippen LogP contribution in [0.3, 0.4) is 0 Å². The van der Waals surface area contributed by atoms with Crippen LogP contribution in [-0.2, 0) is 65.4 Å². The smallest absolute Gasteiger partial charge is 0.462 e. The van der Waals surface area contributed by atoms with Gasteiger partial charge in [0, 0.05) is 25.7 Å². The maximum absolute atomic E-state index is 13.0. The second-order valence-electron chi connectivity index (χ2n) is 25.3. The first-order valence-electron chi connectivity index (χ1n) is 35.5. The van der Waals surface area contributed by atoms with Crippen molar-refractivity contribution in [2.24, 2.45) is 11.8 Å². The Balaban J connectivity index is 5.23. The maximum atomic E-state index is 13.0. The first kappa shape index (κ1) is 85.1.